The number of anilines is 1. The van der Waals surface area contributed by atoms with Crippen LogP contribution in [0.4, 0.5) is 5.69 Å². The zero-order valence-corrected chi connectivity index (χ0v) is 17.1. The molecule has 1 aromatic rings. The molecule has 9 heteroatoms. The molecule has 0 radical (unpaired) electrons. The van der Waals surface area contributed by atoms with Gasteiger partial charge in [0.2, 0.25) is 27.7 Å². The molecule has 2 N–H and O–H groups in total. The number of imide groups is 1. The van der Waals surface area contributed by atoms with Gasteiger partial charge < -0.3 is 5.32 Å². The Kier molecular flexibility index (Phi) is 5.20. The smallest absolute Gasteiger partial charge is 0.247 e. The average molecular weight is 420 g/mol. The highest BCUT2D eigenvalue weighted by atomic mass is 32.2. The normalized spacial score (nSPS) is 25.6. The molecule has 3 atom stereocenters. The van der Waals surface area contributed by atoms with Crippen LogP contribution >= 0.6 is 0 Å². The Balaban J connectivity index is 1.42. The van der Waals surface area contributed by atoms with Gasteiger partial charge in [-0.2, -0.15) is 0 Å². The van der Waals surface area contributed by atoms with Crippen molar-refractivity contribution in [1.82, 2.24) is 9.62 Å². The minimum absolute atomic E-state index is 0.0134. The van der Waals surface area contributed by atoms with Crippen LogP contribution in [0.1, 0.15) is 45.4 Å². The van der Waals surface area contributed by atoms with Gasteiger partial charge in [0.1, 0.15) is 6.04 Å². The van der Waals surface area contributed by atoms with Crippen molar-refractivity contribution in [2.45, 2.75) is 62.4 Å². The summed E-state index contributed by atoms with van der Waals surface area (Å²) in [6, 6.07) is 4.94. The topological polar surface area (TPSA) is 113 Å². The third kappa shape index (κ3) is 3.93. The highest BCUT2D eigenvalue weighted by molar-refractivity contribution is 7.89. The number of hydrogen-bond donors (Lipinski definition) is 2. The summed E-state index contributed by atoms with van der Waals surface area (Å²) in [7, 11) is -3.56. The highest BCUT2D eigenvalue weighted by Crippen LogP contribution is 2.39. The molecular formula is C20H25N3O5S. The Morgan fingerprint density at radius 1 is 1.00 bits per heavy atom. The Morgan fingerprint density at radius 2 is 1.55 bits per heavy atom. The number of rotatable bonds is 6. The number of nitrogens with zero attached hydrogens (tertiary/aromatic N) is 1. The van der Waals surface area contributed by atoms with E-state index >= 15 is 0 Å². The molecule has 1 aromatic carbocycles. The number of amides is 3. The summed E-state index contributed by atoms with van der Waals surface area (Å²) in [5, 5.41) is 2.67. The number of benzene rings is 1. The van der Waals surface area contributed by atoms with Crippen molar-refractivity contribution in [2.24, 2.45) is 11.8 Å². The van der Waals surface area contributed by atoms with Gasteiger partial charge in [-0.1, -0.05) is 12.8 Å². The van der Waals surface area contributed by atoms with Crippen LogP contribution in [0.5, 0.6) is 0 Å². The predicted octanol–water partition coefficient (Wildman–Crippen LogP) is 1.63. The predicted molar refractivity (Wildman–Crippen MR) is 105 cm³/mol. The van der Waals surface area contributed by atoms with Gasteiger partial charge in [-0.05, 0) is 56.9 Å². The van der Waals surface area contributed by atoms with E-state index in [-0.39, 0.29) is 34.6 Å². The lowest BCUT2D eigenvalue weighted by Crippen LogP contribution is -2.46. The zero-order chi connectivity index (χ0) is 20.8. The largest absolute Gasteiger partial charge is 0.324 e. The fraction of sp³-hybridized carbons (Fsp3) is 0.550. The van der Waals surface area contributed by atoms with Gasteiger partial charge in [-0.3, -0.25) is 19.3 Å². The first-order chi connectivity index (χ1) is 13.8. The number of fused-ring (bicyclic) bond motifs is 1. The first-order valence-electron chi connectivity index (χ1n) is 10.1. The average Bonchev–Trinajstić information content (AvgIpc) is 3.47. The van der Waals surface area contributed by atoms with Crippen LogP contribution in [0.3, 0.4) is 0 Å². The SMILES string of the molecule is C[C@H](C(=O)Nc1ccc(S(=O)(=O)NC2CC2)cc1)N1C(=O)[C@H]2CCCC[C@@H]2C1=O. The minimum Gasteiger partial charge on any atom is -0.324 e. The molecular weight excluding hydrogens is 394 g/mol. The van der Waals surface area contributed by atoms with Gasteiger partial charge in [0.05, 0.1) is 16.7 Å². The number of nitrogens with one attached hydrogen (secondary N) is 2. The van der Waals surface area contributed by atoms with Gasteiger partial charge in [0, 0.05) is 11.7 Å². The Bertz CT molecular complexity index is 915. The van der Waals surface area contributed by atoms with Gasteiger partial charge >= 0.3 is 0 Å². The van der Waals surface area contributed by atoms with Gasteiger partial charge in [-0.15, -0.1) is 0 Å². The number of hydrogen-bond acceptors (Lipinski definition) is 5. The molecule has 29 heavy (non-hydrogen) atoms. The number of likely N-dealkylation sites (tertiary alicyclic amines) is 1. The van der Waals surface area contributed by atoms with E-state index in [0.29, 0.717) is 18.5 Å². The molecule has 1 saturated heterocycles. The molecule has 4 rings (SSSR count). The fourth-order valence-electron chi connectivity index (χ4n) is 4.14. The summed E-state index contributed by atoms with van der Waals surface area (Å²) in [6.45, 7) is 1.54. The second-order valence-corrected chi connectivity index (χ2v) is 9.84. The Morgan fingerprint density at radius 3 is 2.07 bits per heavy atom. The van der Waals surface area contributed by atoms with Gasteiger partial charge in [0.25, 0.3) is 0 Å². The summed E-state index contributed by atoms with van der Waals surface area (Å²) in [4.78, 5) is 39.2. The van der Waals surface area contributed by atoms with Crippen LogP contribution in [-0.2, 0) is 24.4 Å². The highest BCUT2D eigenvalue weighted by Gasteiger charge is 2.50. The van der Waals surface area contributed by atoms with Crippen molar-refractivity contribution in [3.8, 4) is 0 Å². The van der Waals surface area contributed by atoms with E-state index < -0.39 is 22.0 Å². The lowest BCUT2D eigenvalue weighted by Gasteiger charge is -2.22. The Hall–Kier alpha value is -2.26. The van der Waals surface area contributed by atoms with E-state index in [1.807, 2.05) is 0 Å². The second kappa shape index (κ2) is 7.53. The van der Waals surface area contributed by atoms with Crippen molar-refractivity contribution in [3.63, 3.8) is 0 Å². The number of carbonyl (C=O) groups is 3. The summed E-state index contributed by atoms with van der Waals surface area (Å²) < 4.78 is 27.0. The maximum Gasteiger partial charge on any atom is 0.247 e. The van der Waals surface area contributed by atoms with E-state index in [0.717, 1.165) is 30.6 Å². The molecule has 0 bridgehead atoms. The first kappa shape index (κ1) is 20.0. The number of sulfonamides is 1. The maximum atomic E-state index is 12.6. The molecule has 2 saturated carbocycles. The molecule has 1 aliphatic heterocycles. The second-order valence-electron chi connectivity index (χ2n) is 8.13. The molecule has 3 amide bonds. The summed E-state index contributed by atoms with van der Waals surface area (Å²) in [6.07, 6.45) is 4.95. The Labute approximate surface area is 170 Å². The summed E-state index contributed by atoms with van der Waals surface area (Å²) in [5.41, 5.74) is 0.406. The molecule has 1 heterocycles. The van der Waals surface area contributed by atoms with E-state index in [1.165, 1.54) is 24.3 Å². The fourth-order valence-corrected chi connectivity index (χ4v) is 5.44. The quantitative estimate of drug-likeness (QED) is 0.681. The van der Waals surface area contributed by atoms with E-state index in [9.17, 15) is 22.8 Å². The van der Waals surface area contributed by atoms with Crippen molar-refractivity contribution < 1.29 is 22.8 Å². The third-order valence-corrected chi connectivity index (χ3v) is 7.51. The van der Waals surface area contributed by atoms with E-state index in [4.69, 9.17) is 0 Å². The maximum absolute atomic E-state index is 12.6. The summed E-state index contributed by atoms with van der Waals surface area (Å²) >= 11 is 0. The standard InChI is InChI=1S/C20H25N3O5S/c1-12(23-19(25)16-4-2-3-5-17(16)20(23)26)18(24)21-13-8-10-15(11-9-13)29(27,28)22-14-6-7-14/h8-12,14,16-17,22H,2-7H2,1H3,(H,21,24)/t12-,16+,17+/m1/s1. The van der Waals surface area contributed by atoms with E-state index in [1.54, 1.807) is 6.92 Å². The molecule has 8 nitrogen and oxygen atoms in total. The zero-order valence-electron chi connectivity index (χ0n) is 16.3. The molecule has 3 fully saturated rings. The molecule has 3 aliphatic rings. The molecule has 0 unspecified atom stereocenters. The first-order valence-corrected chi connectivity index (χ1v) is 11.6. The van der Waals surface area contributed by atoms with Crippen LogP contribution < -0.4 is 10.0 Å². The lowest BCUT2D eigenvalue weighted by atomic mass is 9.81. The van der Waals surface area contributed by atoms with Crippen molar-refractivity contribution >= 4 is 33.4 Å². The van der Waals surface area contributed by atoms with Gasteiger partial charge in [-0.25, -0.2) is 13.1 Å². The molecule has 2 aliphatic carbocycles. The molecule has 0 aromatic heterocycles. The van der Waals surface area contributed by atoms with Gasteiger partial charge in [0.15, 0.2) is 0 Å². The third-order valence-electron chi connectivity index (χ3n) is 5.97. The molecule has 156 valence electrons. The minimum atomic E-state index is -3.56. The van der Waals surface area contributed by atoms with Crippen LogP contribution in [0.25, 0.3) is 0 Å². The summed E-state index contributed by atoms with van der Waals surface area (Å²) in [5.74, 6) is -1.58. The van der Waals surface area contributed by atoms with Crippen molar-refractivity contribution in [1.29, 1.82) is 0 Å². The number of carbonyl (C=O) groups excluding carboxylic acids is 3. The van der Waals surface area contributed by atoms with E-state index in [2.05, 4.69) is 10.0 Å². The van der Waals surface area contributed by atoms with Crippen LogP contribution in [-0.4, -0.2) is 43.1 Å². The lowest BCUT2D eigenvalue weighted by molar-refractivity contribution is -0.146. The van der Waals surface area contributed by atoms with Crippen LogP contribution in [0.2, 0.25) is 0 Å². The van der Waals surface area contributed by atoms with Crippen LogP contribution in [0, 0.1) is 11.8 Å². The van der Waals surface area contributed by atoms with Crippen molar-refractivity contribution in [3.05, 3.63) is 24.3 Å². The molecule has 0 spiro atoms. The van der Waals surface area contributed by atoms with Crippen molar-refractivity contribution in [2.75, 3.05) is 5.32 Å². The van der Waals surface area contributed by atoms with Crippen LogP contribution in [0.15, 0.2) is 29.2 Å². The monoisotopic (exact) mass is 419 g/mol.